The summed E-state index contributed by atoms with van der Waals surface area (Å²) in [6.07, 6.45) is -25.2. The third-order valence-corrected chi connectivity index (χ3v) is 9.91. The Balaban J connectivity index is 1.44. The lowest BCUT2D eigenvalue weighted by Crippen LogP contribution is -2.65. The van der Waals surface area contributed by atoms with Crippen molar-refractivity contribution in [2.75, 3.05) is 20.8 Å². The highest BCUT2D eigenvalue weighted by Gasteiger charge is 2.52. The van der Waals surface area contributed by atoms with Crippen LogP contribution in [0.1, 0.15) is 13.8 Å². The van der Waals surface area contributed by atoms with Crippen LogP contribution in [0.2, 0.25) is 0 Å². The molecule has 1 aromatic heterocycles. The second-order valence-corrected chi connectivity index (χ2v) is 13.6. The Labute approximate surface area is 316 Å². The number of aromatic hydroxyl groups is 3. The fourth-order valence-electron chi connectivity index (χ4n) is 6.62. The molecule has 310 valence electrons. The second kappa shape index (κ2) is 16.4. The lowest BCUT2D eigenvalue weighted by atomic mass is 9.97. The van der Waals surface area contributed by atoms with Crippen LogP contribution >= 0.6 is 0 Å². The zero-order valence-corrected chi connectivity index (χ0v) is 30.2. The van der Waals surface area contributed by atoms with Gasteiger partial charge in [-0.1, -0.05) is 0 Å². The van der Waals surface area contributed by atoms with Crippen LogP contribution in [0.25, 0.3) is 22.3 Å². The smallest absolute Gasteiger partial charge is 0.239 e. The first-order valence-electron chi connectivity index (χ1n) is 17.3. The monoisotopic (exact) mass is 800 g/mol. The maximum atomic E-state index is 14.4. The van der Waals surface area contributed by atoms with E-state index in [-0.39, 0.29) is 22.6 Å². The van der Waals surface area contributed by atoms with Gasteiger partial charge in [0.25, 0.3) is 0 Å². The highest BCUT2D eigenvalue weighted by Crippen LogP contribution is 2.45. The second-order valence-electron chi connectivity index (χ2n) is 13.6. The summed E-state index contributed by atoms with van der Waals surface area (Å²) in [6.45, 7) is 2.06. The van der Waals surface area contributed by atoms with Crippen molar-refractivity contribution in [3.63, 3.8) is 0 Å². The number of aliphatic hydroxyl groups excluding tert-OH is 8. The predicted octanol–water partition coefficient (Wildman–Crippen LogP) is -2.52. The standard InChI is InChI=1S/C35H44O21/c1-10-19(38)24(43)27(46)33(51-10)50-9-17-21(40)26(45)32(56-34-28(47)25(44)20(39)11(2)52-34)35(54-17)55-31-23(42)18-16(8-14(37)30(49-4)22(18)41)53-29(31)12-5-6-13(36)15(7-12)48-3/h5-8,10-11,17,19-21,24-28,32-41,43-47H,9H2,1-4H3/t10-,11-,17+,19-,20-,21+,24+,25+,26-,27+,28+,32+,33+,34-,35-/m0/s1. The molecule has 21 heteroatoms. The van der Waals surface area contributed by atoms with Crippen LogP contribution in [0.5, 0.6) is 34.5 Å². The molecule has 3 saturated heterocycles. The van der Waals surface area contributed by atoms with Crippen molar-refractivity contribution >= 4 is 11.0 Å². The Morgan fingerprint density at radius 3 is 1.91 bits per heavy atom. The molecule has 6 rings (SSSR count). The largest absolute Gasteiger partial charge is 0.504 e. The van der Waals surface area contributed by atoms with Crippen molar-refractivity contribution < 1.29 is 98.5 Å². The van der Waals surface area contributed by atoms with Crippen molar-refractivity contribution in [1.29, 1.82) is 0 Å². The minimum Gasteiger partial charge on any atom is -0.504 e. The van der Waals surface area contributed by atoms with Crippen LogP contribution in [-0.2, 0) is 23.7 Å². The number of ether oxygens (including phenoxy) is 8. The number of hydrogen-bond acceptors (Lipinski definition) is 21. The van der Waals surface area contributed by atoms with E-state index in [0.29, 0.717) is 0 Å². The molecule has 0 aliphatic carbocycles. The highest BCUT2D eigenvalue weighted by atomic mass is 16.8. The number of fused-ring (bicyclic) bond motifs is 1. The van der Waals surface area contributed by atoms with Crippen molar-refractivity contribution in [3.05, 3.63) is 34.5 Å². The Morgan fingerprint density at radius 2 is 1.29 bits per heavy atom. The predicted molar refractivity (Wildman–Crippen MR) is 183 cm³/mol. The summed E-state index contributed by atoms with van der Waals surface area (Å²) in [6, 6.07) is 4.73. The molecule has 0 unspecified atom stereocenters. The van der Waals surface area contributed by atoms with E-state index in [4.69, 9.17) is 42.3 Å². The summed E-state index contributed by atoms with van der Waals surface area (Å²) in [7, 11) is 2.37. The summed E-state index contributed by atoms with van der Waals surface area (Å²) in [4.78, 5) is 14.4. The third kappa shape index (κ3) is 7.54. The van der Waals surface area contributed by atoms with Gasteiger partial charge in [0, 0.05) is 11.6 Å². The van der Waals surface area contributed by atoms with Crippen LogP contribution in [0.15, 0.2) is 33.5 Å². The molecular weight excluding hydrogens is 756 g/mol. The minimum absolute atomic E-state index is 0.0208. The number of hydrogen-bond donors (Lipinski definition) is 11. The molecule has 4 heterocycles. The van der Waals surface area contributed by atoms with Gasteiger partial charge in [-0.3, -0.25) is 4.79 Å². The molecule has 3 fully saturated rings. The first-order valence-corrected chi connectivity index (χ1v) is 17.3. The van der Waals surface area contributed by atoms with Crippen LogP contribution < -0.4 is 19.6 Å². The molecule has 2 aromatic carbocycles. The Bertz CT molecular complexity index is 1920. The van der Waals surface area contributed by atoms with Crippen LogP contribution in [0, 0.1) is 0 Å². The van der Waals surface area contributed by atoms with Crippen molar-refractivity contribution in [3.8, 4) is 45.8 Å². The van der Waals surface area contributed by atoms with E-state index in [2.05, 4.69) is 0 Å². The van der Waals surface area contributed by atoms with E-state index < -0.39 is 138 Å². The average Bonchev–Trinajstić information content (AvgIpc) is 3.17. The molecule has 56 heavy (non-hydrogen) atoms. The van der Waals surface area contributed by atoms with Crippen molar-refractivity contribution in [1.82, 2.24) is 0 Å². The normalized spacial score (nSPS) is 36.3. The molecule has 0 spiro atoms. The van der Waals surface area contributed by atoms with E-state index >= 15 is 0 Å². The molecule has 0 amide bonds. The van der Waals surface area contributed by atoms with Crippen molar-refractivity contribution in [2.45, 2.75) is 106 Å². The van der Waals surface area contributed by atoms with Gasteiger partial charge in [-0.15, -0.1) is 0 Å². The van der Waals surface area contributed by atoms with Gasteiger partial charge < -0.3 is 98.5 Å². The number of phenolic OH excluding ortho intramolecular Hbond substituents is 3. The molecule has 3 aliphatic heterocycles. The zero-order chi connectivity index (χ0) is 40.9. The van der Waals surface area contributed by atoms with Crippen LogP contribution in [0.4, 0.5) is 0 Å². The van der Waals surface area contributed by atoms with Crippen molar-refractivity contribution in [2.24, 2.45) is 0 Å². The van der Waals surface area contributed by atoms with Gasteiger partial charge in [-0.05, 0) is 32.0 Å². The van der Waals surface area contributed by atoms with Crippen LogP contribution in [-0.4, -0.2) is 169 Å². The first-order chi connectivity index (χ1) is 26.5. The van der Waals surface area contributed by atoms with Gasteiger partial charge in [0.1, 0.15) is 65.9 Å². The van der Waals surface area contributed by atoms with Gasteiger partial charge in [-0.2, -0.15) is 0 Å². The summed E-state index contributed by atoms with van der Waals surface area (Å²) in [5, 5.41) is 116. The number of benzene rings is 2. The molecule has 0 radical (unpaired) electrons. The highest BCUT2D eigenvalue weighted by molar-refractivity contribution is 5.91. The molecule has 3 aromatic rings. The number of methoxy groups -OCH3 is 2. The lowest BCUT2D eigenvalue weighted by molar-refractivity contribution is -0.360. The molecule has 15 atom stereocenters. The van der Waals surface area contributed by atoms with Gasteiger partial charge in [0.15, 0.2) is 47.4 Å². The Hall–Kier alpha value is -4.07. The minimum atomic E-state index is -2.05. The molecule has 11 N–H and O–H groups in total. The van der Waals surface area contributed by atoms with E-state index in [1.165, 1.54) is 39.2 Å². The Kier molecular flexibility index (Phi) is 12.2. The molecule has 3 aliphatic rings. The number of aliphatic hydroxyl groups is 8. The van der Waals surface area contributed by atoms with Crippen LogP contribution in [0.3, 0.4) is 0 Å². The summed E-state index contributed by atoms with van der Waals surface area (Å²) in [5.41, 5.74) is -1.46. The van der Waals surface area contributed by atoms with Gasteiger partial charge in [-0.25, -0.2) is 0 Å². The average molecular weight is 801 g/mol. The molecule has 21 nitrogen and oxygen atoms in total. The van der Waals surface area contributed by atoms with Gasteiger partial charge in [0.05, 0.1) is 33.0 Å². The fourth-order valence-corrected chi connectivity index (χ4v) is 6.62. The lowest BCUT2D eigenvalue weighted by Gasteiger charge is -2.46. The van der Waals surface area contributed by atoms with E-state index in [0.717, 1.165) is 13.2 Å². The molecule has 0 bridgehead atoms. The Morgan fingerprint density at radius 1 is 0.661 bits per heavy atom. The first kappa shape index (κ1) is 41.6. The zero-order valence-electron chi connectivity index (χ0n) is 30.2. The maximum Gasteiger partial charge on any atom is 0.239 e. The van der Waals surface area contributed by atoms with E-state index in [1.807, 2.05) is 0 Å². The molecule has 0 saturated carbocycles. The quantitative estimate of drug-likeness (QED) is 0.101. The van der Waals surface area contributed by atoms with E-state index in [1.54, 1.807) is 0 Å². The van der Waals surface area contributed by atoms with E-state index in [9.17, 15) is 61.0 Å². The summed E-state index contributed by atoms with van der Waals surface area (Å²) < 4.78 is 50.8. The third-order valence-electron chi connectivity index (χ3n) is 9.91. The SMILES string of the molecule is COc1cc(-c2oc3cc(O)c(OC)c(O)c3c(=O)c2O[C@@H]2O[C@H](CO[C@@H]3O[C@@H](C)[C@H](O)[C@@H](O)[C@H]3O)[C@@H](O)[C@H](O)[C@H]2O[C@@H]2O[C@@H](C)[C@H](O)[C@@H](O)[C@H]2O)ccc1O. The number of phenols is 3. The summed E-state index contributed by atoms with van der Waals surface area (Å²) >= 11 is 0. The van der Waals surface area contributed by atoms with Gasteiger partial charge in [0.2, 0.25) is 23.2 Å². The topological polar surface area (TPSA) is 327 Å². The molecular formula is C35H44O21. The van der Waals surface area contributed by atoms with Gasteiger partial charge >= 0.3 is 0 Å². The fraction of sp³-hybridized carbons (Fsp3) is 0.571. The maximum absolute atomic E-state index is 14.4. The summed E-state index contributed by atoms with van der Waals surface area (Å²) in [5.74, 6) is -3.52. The number of rotatable bonds is 10.